The van der Waals surface area contributed by atoms with E-state index in [0.717, 1.165) is 0 Å². The van der Waals surface area contributed by atoms with Gasteiger partial charge in [0.2, 0.25) is 0 Å². The third-order valence-electron chi connectivity index (χ3n) is 2.47. The van der Waals surface area contributed by atoms with Crippen LogP contribution in [0.25, 0.3) is 0 Å². The van der Waals surface area contributed by atoms with Crippen molar-refractivity contribution in [3.05, 3.63) is 23.8 Å². The van der Waals surface area contributed by atoms with Gasteiger partial charge in [0.1, 0.15) is 0 Å². The zero-order chi connectivity index (χ0) is 11.8. The van der Waals surface area contributed by atoms with Crippen molar-refractivity contribution in [3.8, 4) is 0 Å². The van der Waals surface area contributed by atoms with E-state index in [4.69, 9.17) is 16.9 Å². The van der Waals surface area contributed by atoms with Crippen molar-refractivity contribution in [2.24, 2.45) is 0 Å². The number of hydrogen-bond donors (Lipinski definition) is 4. The van der Waals surface area contributed by atoms with E-state index in [0.29, 0.717) is 16.9 Å². The highest BCUT2D eigenvalue weighted by Gasteiger charge is 1.94. The van der Waals surface area contributed by atoms with Crippen LogP contribution in [0.5, 0.6) is 0 Å². The number of hydrogen-bond acceptors (Lipinski definition) is 4. The molecule has 0 aliphatic carbocycles. The highest BCUT2D eigenvalue weighted by molar-refractivity contribution is 5.86. The summed E-state index contributed by atoms with van der Waals surface area (Å²) in [6.45, 7) is 2.50. The maximum Gasteiger partial charge on any atom is 0.0404 e. The van der Waals surface area contributed by atoms with Gasteiger partial charge in [0.15, 0.2) is 0 Å². The second kappa shape index (κ2) is 6.85. The molecular formula is C12H20N4. The summed E-state index contributed by atoms with van der Waals surface area (Å²) >= 11 is 0. The van der Waals surface area contributed by atoms with Crippen LogP contribution in [0.1, 0.15) is 24.8 Å². The molecular weight excluding hydrogens is 200 g/mol. The van der Waals surface area contributed by atoms with Crippen LogP contribution in [0.4, 0.5) is 11.4 Å². The molecule has 0 radical (unpaired) electrons. The summed E-state index contributed by atoms with van der Waals surface area (Å²) in [6.07, 6.45) is 5.40. The van der Waals surface area contributed by atoms with Gasteiger partial charge in [-0.05, 0) is 44.1 Å². The van der Waals surface area contributed by atoms with Gasteiger partial charge >= 0.3 is 0 Å². The number of nitrogens with two attached hydrogens (primary N) is 2. The lowest BCUT2D eigenvalue weighted by atomic mass is 10.2. The molecule has 2 rings (SSSR count). The number of nitrogens with one attached hydrogen (secondary N) is 2. The fourth-order valence-corrected chi connectivity index (χ4v) is 1.52. The second-order valence-electron chi connectivity index (χ2n) is 3.84. The Morgan fingerprint density at radius 3 is 2.19 bits per heavy atom. The summed E-state index contributed by atoms with van der Waals surface area (Å²) in [5, 5.41) is 10.2. The Bertz CT molecular complexity index is 320. The fourth-order valence-electron chi connectivity index (χ4n) is 1.52. The maximum atomic E-state index is 6.92. The van der Waals surface area contributed by atoms with Crippen LogP contribution in [-0.2, 0) is 0 Å². The Morgan fingerprint density at radius 2 is 1.81 bits per heavy atom. The van der Waals surface area contributed by atoms with Crippen LogP contribution in [0.3, 0.4) is 0 Å². The largest absolute Gasteiger partial charge is 0.399 e. The first-order valence-electron chi connectivity index (χ1n) is 5.60. The van der Waals surface area contributed by atoms with E-state index in [1.54, 1.807) is 18.2 Å². The zero-order valence-corrected chi connectivity index (χ0v) is 9.50. The minimum Gasteiger partial charge on any atom is -0.399 e. The number of benzene rings is 1. The Kier molecular flexibility index (Phi) is 5.36. The molecule has 0 aromatic heterocycles. The summed E-state index contributed by atoms with van der Waals surface area (Å²) in [4.78, 5) is 0. The van der Waals surface area contributed by atoms with E-state index in [9.17, 15) is 0 Å². The van der Waals surface area contributed by atoms with Crippen LogP contribution in [0, 0.1) is 5.41 Å². The number of nitrogen functional groups attached to an aromatic ring is 2. The Hall–Kier alpha value is -1.55. The van der Waals surface area contributed by atoms with E-state index in [-0.39, 0.29) is 0 Å². The Morgan fingerprint density at radius 1 is 1.12 bits per heavy atom. The second-order valence-corrected chi connectivity index (χ2v) is 3.84. The summed E-state index contributed by atoms with van der Waals surface area (Å²) in [6, 6.07) is 5.07. The van der Waals surface area contributed by atoms with Gasteiger partial charge in [0.05, 0.1) is 0 Å². The number of piperidine rings is 1. The van der Waals surface area contributed by atoms with Crippen molar-refractivity contribution in [2.45, 2.75) is 19.3 Å². The highest BCUT2D eigenvalue weighted by Crippen LogP contribution is 2.12. The Labute approximate surface area is 96.5 Å². The van der Waals surface area contributed by atoms with E-state index >= 15 is 0 Å². The molecule has 4 nitrogen and oxygen atoms in total. The average Bonchev–Trinajstić information content (AvgIpc) is 2.35. The van der Waals surface area contributed by atoms with Gasteiger partial charge in [-0.3, -0.25) is 0 Å². The van der Waals surface area contributed by atoms with Crippen molar-refractivity contribution in [2.75, 3.05) is 24.6 Å². The van der Waals surface area contributed by atoms with E-state index in [1.807, 2.05) is 0 Å². The molecule has 0 saturated carbocycles. The molecule has 0 unspecified atom stereocenters. The molecule has 0 atom stereocenters. The summed E-state index contributed by atoms with van der Waals surface area (Å²) < 4.78 is 0. The Balaban J connectivity index is 0.000000181. The van der Waals surface area contributed by atoms with Gasteiger partial charge < -0.3 is 22.2 Å². The lowest BCUT2D eigenvalue weighted by Gasteiger charge is -2.08. The van der Waals surface area contributed by atoms with Gasteiger partial charge in [-0.15, -0.1) is 0 Å². The standard InChI is InChI=1S/C7H9N3.C5H11N/c8-4-5-3-6(9)1-2-7(5)10;1-2-4-6-5-3-1/h1-4,8H,9-10H2;6H,1-5H2. The summed E-state index contributed by atoms with van der Waals surface area (Å²) in [7, 11) is 0. The molecule has 4 heteroatoms. The highest BCUT2D eigenvalue weighted by atomic mass is 14.9. The molecule has 88 valence electrons. The molecule has 1 saturated heterocycles. The van der Waals surface area contributed by atoms with Gasteiger partial charge in [0.25, 0.3) is 0 Å². The quantitative estimate of drug-likeness (QED) is 0.428. The topological polar surface area (TPSA) is 87.9 Å². The van der Waals surface area contributed by atoms with Crippen LogP contribution in [0.15, 0.2) is 18.2 Å². The van der Waals surface area contributed by atoms with Gasteiger partial charge in [-0.25, -0.2) is 0 Å². The van der Waals surface area contributed by atoms with E-state index in [1.165, 1.54) is 38.6 Å². The molecule has 0 spiro atoms. The molecule has 0 amide bonds. The molecule has 1 heterocycles. The first-order valence-corrected chi connectivity index (χ1v) is 5.60. The number of anilines is 2. The van der Waals surface area contributed by atoms with Crippen LogP contribution in [0.2, 0.25) is 0 Å². The first-order chi connectivity index (χ1) is 7.74. The monoisotopic (exact) mass is 220 g/mol. The number of rotatable bonds is 1. The van der Waals surface area contributed by atoms with Crippen LogP contribution >= 0.6 is 0 Å². The minimum absolute atomic E-state index is 0.587. The zero-order valence-electron chi connectivity index (χ0n) is 9.50. The molecule has 1 aromatic rings. The third kappa shape index (κ3) is 4.31. The maximum absolute atomic E-state index is 6.92. The van der Waals surface area contributed by atoms with Crippen molar-refractivity contribution in [1.29, 1.82) is 5.41 Å². The SMILES string of the molecule is C1CCNCC1.N=Cc1cc(N)ccc1N. The minimum atomic E-state index is 0.587. The normalized spacial score (nSPS) is 14.8. The summed E-state index contributed by atoms with van der Waals surface area (Å²) in [5.41, 5.74) is 12.8. The van der Waals surface area contributed by atoms with Crippen LogP contribution in [-0.4, -0.2) is 19.3 Å². The summed E-state index contributed by atoms with van der Waals surface area (Å²) in [5.74, 6) is 0. The van der Waals surface area contributed by atoms with Crippen LogP contribution < -0.4 is 16.8 Å². The predicted octanol–water partition coefficient (Wildman–Crippen LogP) is 1.61. The molecule has 1 aliphatic heterocycles. The molecule has 1 aliphatic rings. The fraction of sp³-hybridized carbons (Fsp3) is 0.417. The molecule has 0 bridgehead atoms. The molecule has 1 aromatic carbocycles. The smallest absolute Gasteiger partial charge is 0.0404 e. The van der Waals surface area contributed by atoms with Gasteiger partial charge in [-0.2, -0.15) is 0 Å². The van der Waals surface area contributed by atoms with Crippen molar-refractivity contribution < 1.29 is 0 Å². The van der Waals surface area contributed by atoms with Crippen molar-refractivity contribution >= 4 is 17.6 Å². The lowest BCUT2D eigenvalue weighted by Crippen LogP contribution is -2.21. The molecule has 16 heavy (non-hydrogen) atoms. The van der Waals surface area contributed by atoms with Crippen molar-refractivity contribution in [1.82, 2.24) is 5.32 Å². The molecule has 6 N–H and O–H groups in total. The van der Waals surface area contributed by atoms with Gasteiger partial charge in [-0.1, -0.05) is 6.42 Å². The van der Waals surface area contributed by atoms with E-state index < -0.39 is 0 Å². The molecule has 1 fully saturated rings. The average molecular weight is 220 g/mol. The van der Waals surface area contributed by atoms with Gasteiger partial charge in [0, 0.05) is 23.2 Å². The third-order valence-corrected chi connectivity index (χ3v) is 2.47. The first kappa shape index (κ1) is 12.5. The lowest BCUT2D eigenvalue weighted by molar-refractivity contribution is 0.520. The van der Waals surface area contributed by atoms with E-state index in [2.05, 4.69) is 5.32 Å². The van der Waals surface area contributed by atoms with Crippen molar-refractivity contribution in [3.63, 3.8) is 0 Å². The predicted molar refractivity (Wildman–Crippen MR) is 69.9 cm³/mol.